The molecule has 220 valence electrons. The summed E-state index contributed by atoms with van der Waals surface area (Å²) in [6, 6.07) is 0. The number of hydrogen-bond acceptors (Lipinski definition) is 11. The van der Waals surface area contributed by atoms with Gasteiger partial charge in [0, 0.05) is 6.42 Å². The van der Waals surface area contributed by atoms with E-state index in [9.17, 15) is 9.59 Å². The molecule has 0 radical (unpaired) electrons. The monoisotopic (exact) mass is 538 g/mol. The van der Waals surface area contributed by atoms with Gasteiger partial charge < -0.3 is 42.6 Å². The first kappa shape index (κ1) is 35.7. The maximum absolute atomic E-state index is 11.6. The molecule has 0 aromatic carbocycles. The van der Waals surface area contributed by atoms with Crippen molar-refractivity contribution in [1.82, 2.24) is 0 Å². The fourth-order valence-corrected chi connectivity index (χ4v) is 2.84. The van der Waals surface area contributed by atoms with E-state index >= 15 is 0 Å². The largest absolute Gasteiger partial charge is 0.469 e. The highest BCUT2D eigenvalue weighted by atomic mass is 16.6. The van der Waals surface area contributed by atoms with Crippen LogP contribution in [-0.2, 0) is 52.2 Å². The van der Waals surface area contributed by atoms with Crippen molar-refractivity contribution in [3.63, 3.8) is 0 Å². The van der Waals surface area contributed by atoms with Gasteiger partial charge in [-0.2, -0.15) is 0 Å². The lowest BCUT2D eigenvalue weighted by molar-refractivity contribution is -0.145. The van der Waals surface area contributed by atoms with Gasteiger partial charge in [-0.15, -0.1) is 0 Å². The zero-order valence-electron chi connectivity index (χ0n) is 23.0. The van der Waals surface area contributed by atoms with Gasteiger partial charge in [0.25, 0.3) is 0 Å². The van der Waals surface area contributed by atoms with Crippen LogP contribution < -0.4 is 0 Å². The lowest BCUT2D eigenvalue weighted by Crippen LogP contribution is -2.15. The third-order valence-corrected chi connectivity index (χ3v) is 4.89. The standard InChI is InChI=1S/C26H50O11/c1-3-4-5-6-7-8-26(28)37-24-23-36-22-21-35-20-19-34-18-17-33-16-15-32-14-13-31-12-11-30-10-9-25(27)29-2/h3-24H2,1-2H3. The van der Waals surface area contributed by atoms with Gasteiger partial charge in [0.05, 0.1) is 106 Å². The second kappa shape index (κ2) is 30.9. The number of methoxy groups -OCH3 is 1. The molecule has 0 atom stereocenters. The molecule has 0 saturated heterocycles. The van der Waals surface area contributed by atoms with Gasteiger partial charge in [-0.1, -0.05) is 32.6 Å². The van der Waals surface area contributed by atoms with Crippen LogP contribution in [0.1, 0.15) is 51.9 Å². The predicted octanol–water partition coefficient (Wildman–Crippen LogP) is 2.57. The Balaban J connectivity index is 3.10. The average molecular weight is 539 g/mol. The molecule has 0 fully saturated rings. The van der Waals surface area contributed by atoms with Crippen LogP contribution in [0, 0.1) is 0 Å². The third kappa shape index (κ3) is 30.8. The summed E-state index contributed by atoms with van der Waals surface area (Å²) >= 11 is 0. The molecule has 0 amide bonds. The van der Waals surface area contributed by atoms with Crippen molar-refractivity contribution in [1.29, 1.82) is 0 Å². The molecular formula is C26H50O11. The summed E-state index contributed by atoms with van der Waals surface area (Å²) in [4.78, 5) is 22.5. The van der Waals surface area contributed by atoms with Crippen LogP contribution in [0.25, 0.3) is 0 Å². The molecule has 0 saturated carbocycles. The quantitative estimate of drug-likeness (QED) is 0.0992. The molecule has 0 bridgehead atoms. The highest BCUT2D eigenvalue weighted by Gasteiger charge is 2.02. The smallest absolute Gasteiger partial charge is 0.307 e. The van der Waals surface area contributed by atoms with Crippen LogP contribution in [0.4, 0.5) is 0 Å². The first-order valence-electron chi connectivity index (χ1n) is 13.5. The van der Waals surface area contributed by atoms with Gasteiger partial charge >= 0.3 is 11.9 Å². The summed E-state index contributed by atoms with van der Waals surface area (Å²) in [5.41, 5.74) is 0. The summed E-state index contributed by atoms with van der Waals surface area (Å²) in [5.74, 6) is -0.435. The molecule has 0 aromatic rings. The highest BCUT2D eigenvalue weighted by Crippen LogP contribution is 2.05. The van der Waals surface area contributed by atoms with Crippen molar-refractivity contribution >= 4 is 11.9 Å². The van der Waals surface area contributed by atoms with E-state index in [0.717, 1.165) is 12.8 Å². The number of esters is 2. The summed E-state index contributed by atoms with van der Waals surface area (Å²) in [5, 5.41) is 0. The van der Waals surface area contributed by atoms with Gasteiger partial charge in [-0.05, 0) is 6.42 Å². The second-order valence-corrected chi connectivity index (χ2v) is 8.00. The molecule has 0 N–H and O–H groups in total. The zero-order chi connectivity index (χ0) is 27.1. The Bertz CT molecular complexity index is 491. The van der Waals surface area contributed by atoms with Gasteiger partial charge in [0.2, 0.25) is 0 Å². The molecule has 0 aromatic heterocycles. The average Bonchev–Trinajstić information content (AvgIpc) is 2.90. The summed E-state index contributed by atoms with van der Waals surface area (Å²) in [7, 11) is 1.35. The van der Waals surface area contributed by atoms with Crippen molar-refractivity contribution in [2.24, 2.45) is 0 Å². The molecule has 0 aliphatic heterocycles. The van der Waals surface area contributed by atoms with E-state index in [-0.39, 0.29) is 25.0 Å². The van der Waals surface area contributed by atoms with E-state index in [0.29, 0.717) is 98.9 Å². The van der Waals surface area contributed by atoms with Crippen molar-refractivity contribution in [2.75, 3.05) is 106 Å². The van der Waals surface area contributed by atoms with E-state index in [4.69, 9.17) is 37.9 Å². The fourth-order valence-electron chi connectivity index (χ4n) is 2.84. The molecule has 0 rings (SSSR count). The summed E-state index contributed by atoms with van der Waals surface area (Å²) in [6.07, 6.45) is 6.32. The van der Waals surface area contributed by atoms with E-state index in [1.165, 1.54) is 26.4 Å². The molecule has 0 heterocycles. The number of carbonyl (C=O) groups is 2. The molecule has 11 nitrogen and oxygen atoms in total. The van der Waals surface area contributed by atoms with Crippen LogP contribution in [0.2, 0.25) is 0 Å². The second-order valence-electron chi connectivity index (χ2n) is 8.00. The number of unbranched alkanes of at least 4 members (excludes halogenated alkanes) is 4. The summed E-state index contributed by atoms with van der Waals surface area (Å²) in [6.45, 7) is 8.83. The Labute approximate surface area is 222 Å². The Morgan fingerprint density at radius 3 is 1.22 bits per heavy atom. The molecule has 0 aliphatic rings. The molecule has 0 unspecified atom stereocenters. The minimum Gasteiger partial charge on any atom is -0.469 e. The van der Waals surface area contributed by atoms with Crippen molar-refractivity contribution in [2.45, 2.75) is 51.9 Å². The van der Waals surface area contributed by atoms with Crippen LogP contribution >= 0.6 is 0 Å². The minimum atomic E-state index is -0.286. The van der Waals surface area contributed by atoms with Crippen LogP contribution in [0.15, 0.2) is 0 Å². The molecule has 0 spiro atoms. The normalized spacial score (nSPS) is 11.1. The van der Waals surface area contributed by atoms with Gasteiger partial charge in [0.1, 0.15) is 6.61 Å². The third-order valence-electron chi connectivity index (χ3n) is 4.89. The van der Waals surface area contributed by atoms with Crippen LogP contribution in [0.3, 0.4) is 0 Å². The first-order chi connectivity index (χ1) is 18.2. The topological polar surface area (TPSA) is 117 Å². The van der Waals surface area contributed by atoms with E-state index in [1.54, 1.807) is 0 Å². The van der Waals surface area contributed by atoms with Crippen molar-refractivity contribution in [3.8, 4) is 0 Å². The lowest BCUT2D eigenvalue weighted by Gasteiger charge is -2.08. The minimum absolute atomic E-state index is 0.150. The molecule has 0 aliphatic carbocycles. The predicted molar refractivity (Wildman–Crippen MR) is 137 cm³/mol. The van der Waals surface area contributed by atoms with Gasteiger partial charge in [0.15, 0.2) is 0 Å². The van der Waals surface area contributed by atoms with Gasteiger partial charge in [-0.3, -0.25) is 9.59 Å². The number of carbonyl (C=O) groups excluding carboxylic acids is 2. The number of hydrogen-bond donors (Lipinski definition) is 0. The maximum atomic E-state index is 11.6. The Morgan fingerprint density at radius 1 is 0.432 bits per heavy atom. The Hall–Kier alpha value is -1.34. The molecular weight excluding hydrogens is 488 g/mol. The SMILES string of the molecule is CCCCCCCC(=O)OCCOCCOCCOCCOCCOCCOCCOCCC(=O)OC. The van der Waals surface area contributed by atoms with Crippen LogP contribution in [0.5, 0.6) is 0 Å². The lowest BCUT2D eigenvalue weighted by atomic mass is 10.1. The molecule has 11 heteroatoms. The maximum Gasteiger partial charge on any atom is 0.307 e. The first-order valence-corrected chi connectivity index (χ1v) is 13.5. The van der Waals surface area contributed by atoms with E-state index in [1.807, 2.05) is 0 Å². The molecule has 37 heavy (non-hydrogen) atoms. The number of rotatable bonds is 30. The van der Waals surface area contributed by atoms with Crippen molar-refractivity contribution < 1.29 is 52.2 Å². The fraction of sp³-hybridized carbons (Fsp3) is 0.923. The Morgan fingerprint density at radius 2 is 0.811 bits per heavy atom. The van der Waals surface area contributed by atoms with E-state index < -0.39 is 0 Å². The van der Waals surface area contributed by atoms with E-state index in [2.05, 4.69) is 11.7 Å². The van der Waals surface area contributed by atoms with Gasteiger partial charge in [-0.25, -0.2) is 0 Å². The van der Waals surface area contributed by atoms with Crippen molar-refractivity contribution in [3.05, 3.63) is 0 Å². The summed E-state index contributed by atoms with van der Waals surface area (Å²) < 4.78 is 47.3. The Kier molecular flexibility index (Phi) is 29.8. The number of ether oxygens (including phenoxy) is 9. The van der Waals surface area contributed by atoms with Crippen LogP contribution in [-0.4, -0.2) is 118 Å². The zero-order valence-corrected chi connectivity index (χ0v) is 23.0. The highest BCUT2D eigenvalue weighted by molar-refractivity contribution is 5.69.